The van der Waals surface area contributed by atoms with E-state index in [1.165, 1.54) is 12.8 Å². The Morgan fingerprint density at radius 1 is 1.37 bits per heavy atom. The van der Waals surface area contributed by atoms with Gasteiger partial charge >= 0.3 is 0 Å². The molecule has 1 N–H and O–H groups in total. The first kappa shape index (κ1) is 12.2. The van der Waals surface area contributed by atoms with E-state index in [-0.39, 0.29) is 0 Å². The zero-order chi connectivity index (χ0) is 13.1. The van der Waals surface area contributed by atoms with Gasteiger partial charge in [0.25, 0.3) is 0 Å². The highest BCUT2D eigenvalue weighted by atomic mass is 16.5. The number of methoxy groups -OCH3 is 1. The van der Waals surface area contributed by atoms with Gasteiger partial charge in [0, 0.05) is 11.6 Å². The molecular weight excluding hydrogens is 242 g/mol. The van der Waals surface area contributed by atoms with Gasteiger partial charge in [-0.2, -0.15) is 4.98 Å². The zero-order valence-corrected chi connectivity index (χ0v) is 10.9. The van der Waals surface area contributed by atoms with Crippen LogP contribution in [0.15, 0.2) is 28.8 Å². The Morgan fingerprint density at radius 2 is 2.21 bits per heavy atom. The minimum atomic E-state index is 0.598. The highest BCUT2D eigenvalue weighted by Crippen LogP contribution is 2.21. The summed E-state index contributed by atoms with van der Waals surface area (Å²) in [5.41, 5.74) is 1.05. The van der Waals surface area contributed by atoms with Crippen LogP contribution in [0.4, 0.5) is 0 Å². The molecule has 0 bridgehead atoms. The molecule has 1 fully saturated rings. The third-order valence-corrected chi connectivity index (χ3v) is 3.17. The summed E-state index contributed by atoms with van der Waals surface area (Å²) >= 11 is 0. The van der Waals surface area contributed by atoms with Crippen molar-refractivity contribution >= 4 is 0 Å². The van der Waals surface area contributed by atoms with E-state index in [1.54, 1.807) is 7.11 Å². The van der Waals surface area contributed by atoms with Crippen LogP contribution in [0.25, 0.3) is 0 Å². The summed E-state index contributed by atoms with van der Waals surface area (Å²) in [6, 6.07) is 8.51. The molecule has 0 unspecified atom stereocenters. The maximum Gasteiger partial charge on any atom is 0.231 e. The zero-order valence-electron chi connectivity index (χ0n) is 10.9. The van der Waals surface area contributed by atoms with Crippen molar-refractivity contribution in [3.63, 3.8) is 0 Å². The van der Waals surface area contributed by atoms with Crippen molar-refractivity contribution in [2.75, 3.05) is 7.11 Å². The van der Waals surface area contributed by atoms with Gasteiger partial charge in [-0.1, -0.05) is 23.4 Å². The molecule has 0 saturated heterocycles. The molecule has 1 aromatic carbocycles. The monoisotopic (exact) mass is 259 g/mol. The van der Waals surface area contributed by atoms with E-state index in [0.29, 0.717) is 24.9 Å². The quantitative estimate of drug-likeness (QED) is 0.858. The molecule has 0 amide bonds. The van der Waals surface area contributed by atoms with E-state index in [0.717, 1.165) is 17.1 Å². The normalized spacial score (nSPS) is 14.6. The second kappa shape index (κ2) is 5.40. The second-order valence-corrected chi connectivity index (χ2v) is 4.75. The topological polar surface area (TPSA) is 60.2 Å². The van der Waals surface area contributed by atoms with E-state index in [4.69, 9.17) is 9.26 Å². The third kappa shape index (κ3) is 3.12. The fourth-order valence-corrected chi connectivity index (χ4v) is 1.97. The Bertz CT molecular complexity index is 549. The van der Waals surface area contributed by atoms with Crippen LogP contribution < -0.4 is 10.1 Å². The van der Waals surface area contributed by atoms with Crippen LogP contribution in [0.3, 0.4) is 0 Å². The maximum absolute atomic E-state index is 5.31. The lowest BCUT2D eigenvalue weighted by atomic mass is 10.1. The molecule has 5 heteroatoms. The summed E-state index contributed by atoms with van der Waals surface area (Å²) < 4.78 is 10.6. The Hall–Kier alpha value is -1.88. The number of ether oxygens (including phenoxy) is 1. The summed E-state index contributed by atoms with van der Waals surface area (Å²) in [5, 5.41) is 7.34. The molecule has 19 heavy (non-hydrogen) atoms. The number of rotatable bonds is 6. The van der Waals surface area contributed by atoms with Crippen molar-refractivity contribution in [3.8, 4) is 5.75 Å². The molecule has 3 rings (SSSR count). The number of para-hydroxylation sites is 1. The summed E-state index contributed by atoms with van der Waals surface area (Å²) in [6.07, 6.45) is 3.11. The molecule has 0 aliphatic heterocycles. The van der Waals surface area contributed by atoms with E-state index in [2.05, 4.69) is 15.5 Å². The highest BCUT2D eigenvalue weighted by Gasteiger charge is 2.21. The average molecular weight is 259 g/mol. The molecule has 0 atom stereocenters. The summed E-state index contributed by atoms with van der Waals surface area (Å²) in [7, 11) is 1.66. The molecule has 1 heterocycles. The van der Waals surface area contributed by atoms with Gasteiger partial charge < -0.3 is 14.6 Å². The van der Waals surface area contributed by atoms with E-state index < -0.39 is 0 Å². The first-order valence-electron chi connectivity index (χ1n) is 6.52. The van der Waals surface area contributed by atoms with Crippen molar-refractivity contribution < 1.29 is 9.26 Å². The molecule has 1 aromatic heterocycles. The average Bonchev–Trinajstić information content (AvgIpc) is 3.17. The Labute approximate surface area is 112 Å². The van der Waals surface area contributed by atoms with Crippen LogP contribution in [-0.4, -0.2) is 23.3 Å². The van der Waals surface area contributed by atoms with Crippen LogP contribution in [0.5, 0.6) is 5.75 Å². The van der Waals surface area contributed by atoms with Crippen molar-refractivity contribution in [3.05, 3.63) is 41.5 Å². The largest absolute Gasteiger partial charge is 0.496 e. The molecule has 2 aromatic rings. The standard InChI is InChI=1S/C14H17N3O2/c1-18-12-5-3-2-4-10(12)8-14-16-13(17-19-14)9-15-11-6-7-11/h2-5,11,15H,6-9H2,1H3. The number of hydrogen-bond acceptors (Lipinski definition) is 5. The number of aromatic nitrogens is 2. The molecule has 0 radical (unpaired) electrons. The molecule has 0 spiro atoms. The van der Waals surface area contributed by atoms with Crippen LogP contribution in [0.1, 0.15) is 30.1 Å². The molecule has 100 valence electrons. The molecule has 1 saturated carbocycles. The minimum Gasteiger partial charge on any atom is -0.496 e. The molecule has 1 aliphatic rings. The van der Waals surface area contributed by atoms with Gasteiger partial charge in [0.05, 0.1) is 20.1 Å². The molecule has 1 aliphatic carbocycles. The lowest BCUT2D eigenvalue weighted by Gasteiger charge is -2.04. The fourth-order valence-electron chi connectivity index (χ4n) is 1.97. The van der Waals surface area contributed by atoms with Gasteiger partial charge in [-0.15, -0.1) is 0 Å². The molecule has 5 nitrogen and oxygen atoms in total. The minimum absolute atomic E-state index is 0.598. The fraction of sp³-hybridized carbons (Fsp3) is 0.429. The molecular formula is C14H17N3O2. The number of nitrogens with one attached hydrogen (secondary N) is 1. The van der Waals surface area contributed by atoms with Crippen molar-refractivity contribution in [1.82, 2.24) is 15.5 Å². The SMILES string of the molecule is COc1ccccc1Cc1nc(CNC2CC2)no1. The Kier molecular flexibility index (Phi) is 3.46. The predicted octanol–water partition coefficient (Wildman–Crippen LogP) is 1.92. The van der Waals surface area contributed by atoms with Gasteiger partial charge in [0.2, 0.25) is 5.89 Å². The van der Waals surface area contributed by atoms with Gasteiger partial charge in [0.1, 0.15) is 5.75 Å². The lowest BCUT2D eigenvalue weighted by molar-refractivity contribution is 0.373. The maximum atomic E-state index is 5.31. The van der Waals surface area contributed by atoms with Crippen molar-refractivity contribution in [2.45, 2.75) is 31.8 Å². The second-order valence-electron chi connectivity index (χ2n) is 4.75. The Balaban J connectivity index is 1.65. The van der Waals surface area contributed by atoms with Crippen molar-refractivity contribution in [2.24, 2.45) is 0 Å². The highest BCUT2D eigenvalue weighted by molar-refractivity contribution is 5.34. The van der Waals surface area contributed by atoms with Gasteiger partial charge in [-0.3, -0.25) is 0 Å². The number of benzene rings is 1. The first-order chi connectivity index (χ1) is 9.35. The first-order valence-corrected chi connectivity index (χ1v) is 6.52. The summed E-state index contributed by atoms with van der Waals surface area (Å²) in [6.45, 7) is 0.681. The van der Waals surface area contributed by atoms with E-state index >= 15 is 0 Å². The van der Waals surface area contributed by atoms with Crippen LogP contribution in [-0.2, 0) is 13.0 Å². The van der Waals surface area contributed by atoms with Crippen LogP contribution in [0, 0.1) is 0 Å². The van der Waals surface area contributed by atoms with E-state index in [9.17, 15) is 0 Å². The number of nitrogens with zero attached hydrogens (tertiary/aromatic N) is 2. The Morgan fingerprint density at radius 3 is 3.00 bits per heavy atom. The smallest absolute Gasteiger partial charge is 0.231 e. The lowest BCUT2D eigenvalue weighted by Crippen LogP contribution is -2.16. The van der Waals surface area contributed by atoms with Crippen LogP contribution in [0.2, 0.25) is 0 Å². The third-order valence-electron chi connectivity index (χ3n) is 3.17. The summed E-state index contributed by atoms with van der Waals surface area (Å²) in [5.74, 6) is 2.19. The van der Waals surface area contributed by atoms with Gasteiger partial charge in [0.15, 0.2) is 5.82 Å². The number of hydrogen-bond donors (Lipinski definition) is 1. The van der Waals surface area contributed by atoms with Gasteiger partial charge in [-0.25, -0.2) is 0 Å². The van der Waals surface area contributed by atoms with Crippen LogP contribution >= 0.6 is 0 Å². The van der Waals surface area contributed by atoms with E-state index in [1.807, 2.05) is 24.3 Å². The summed E-state index contributed by atoms with van der Waals surface area (Å²) in [4.78, 5) is 4.38. The van der Waals surface area contributed by atoms with Gasteiger partial charge in [-0.05, 0) is 18.9 Å². The van der Waals surface area contributed by atoms with Crippen molar-refractivity contribution in [1.29, 1.82) is 0 Å². The predicted molar refractivity (Wildman–Crippen MR) is 70.0 cm³/mol.